The van der Waals surface area contributed by atoms with Crippen molar-refractivity contribution in [1.29, 1.82) is 0 Å². The number of aliphatic hydroxyl groups excluding tert-OH is 1. The van der Waals surface area contributed by atoms with Gasteiger partial charge in [0.2, 0.25) is 0 Å². The molecule has 1 aliphatic carbocycles. The van der Waals surface area contributed by atoms with Crippen molar-refractivity contribution in [3.05, 3.63) is 0 Å². The fraction of sp³-hybridized carbons (Fsp3) is 1.00. The lowest BCUT2D eigenvalue weighted by molar-refractivity contribution is 0.0803. The van der Waals surface area contributed by atoms with Gasteiger partial charge in [-0.25, -0.2) is 0 Å². The molecule has 2 nitrogen and oxygen atoms in total. The minimum absolute atomic E-state index is 0.00408. The second-order valence-electron chi connectivity index (χ2n) is 7.04. The van der Waals surface area contributed by atoms with Crippen LogP contribution in [0.3, 0.4) is 0 Å². The average Bonchev–Trinajstić information content (AvgIpc) is 2.46. The van der Waals surface area contributed by atoms with Gasteiger partial charge in [0.1, 0.15) is 0 Å². The van der Waals surface area contributed by atoms with E-state index in [4.69, 9.17) is 0 Å². The molecule has 0 bridgehead atoms. The molecule has 0 aromatic carbocycles. The van der Waals surface area contributed by atoms with E-state index in [1.165, 1.54) is 51.6 Å². The van der Waals surface area contributed by atoms with Gasteiger partial charge in [0.15, 0.2) is 0 Å². The highest BCUT2D eigenvalue weighted by Crippen LogP contribution is 2.37. The molecule has 1 saturated heterocycles. The van der Waals surface area contributed by atoms with E-state index in [0.29, 0.717) is 0 Å². The lowest BCUT2D eigenvalue weighted by Gasteiger charge is -2.36. The van der Waals surface area contributed by atoms with Gasteiger partial charge in [0.25, 0.3) is 0 Å². The zero-order valence-corrected chi connectivity index (χ0v) is 12.9. The SMILES string of the molecule is CCC(CC(C)C1CCNCC1)C1CCC(O)CC1. The standard InChI is InChI=1S/C17H33NO/c1-3-14(16-4-6-17(19)7-5-16)12-13(2)15-8-10-18-11-9-15/h13-19H,3-12H2,1-2H3. The highest BCUT2D eigenvalue weighted by molar-refractivity contribution is 4.81. The summed E-state index contributed by atoms with van der Waals surface area (Å²) in [6.07, 6.45) is 10.1. The highest BCUT2D eigenvalue weighted by atomic mass is 16.3. The smallest absolute Gasteiger partial charge is 0.0540 e. The van der Waals surface area contributed by atoms with Gasteiger partial charge in [-0.15, -0.1) is 0 Å². The highest BCUT2D eigenvalue weighted by Gasteiger charge is 2.29. The van der Waals surface area contributed by atoms with Gasteiger partial charge in [-0.2, -0.15) is 0 Å². The number of piperidine rings is 1. The molecule has 0 radical (unpaired) electrons. The van der Waals surface area contributed by atoms with E-state index in [1.807, 2.05) is 0 Å². The lowest BCUT2D eigenvalue weighted by Crippen LogP contribution is -2.32. The Bertz CT molecular complexity index is 242. The first-order valence-electron chi connectivity index (χ1n) is 8.59. The molecule has 0 spiro atoms. The molecule has 2 atom stereocenters. The predicted octanol–water partition coefficient (Wildman–Crippen LogP) is 3.59. The van der Waals surface area contributed by atoms with E-state index in [9.17, 15) is 5.11 Å². The van der Waals surface area contributed by atoms with E-state index >= 15 is 0 Å². The Morgan fingerprint density at radius 3 is 2.21 bits per heavy atom. The molecule has 0 aromatic heterocycles. The van der Waals surface area contributed by atoms with E-state index in [-0.39, 0.29) is 6.10 Å². The Kier molecular flexibility index (Phi) is 6.15. The van der Waals surface area contributed by atoms with Crippen LogP contribution in [-0.4, -0.2) is 24.3 Å². The summed E-state index contributed by atoms with van der Waals surface area (Å²) >= 11 is 0. The first-order chi connectivity index (χ1) is 9.20. The second kappa shape index (κ2) is 7.64. The quantitative estimate of drug-likeness (QED) is 0.798. The summed E-state index contributed by atoms with van der Waals surface area (Å²) in [5.74, 6) is 3.62. The van der Waals surface area contributed by atoms with Crippen LogP contribution in [0.5, 0.6) is 0 Å². The first kappa shape index (κ1) is 15.3. The van der Waals surface area contributed by atoms with Crippen molar-refractivity contribution in [3.63, 3.8) is 0 Å². The Morgan fingerprint density at radius 2 is 1.63 bits per heavy atom. The second-order valence-corrected chi connectivity index (χ2v) is 7.04. The van der Waals surface area contributed by atoms with Gasteiger partial charge in [-0.3, -0.25) is 0 Å². The van der Waals surface area contributed by atoms with Crippen molar-refractivity contribution in [2.45, 2.75) is 71.3 Å². The van der Waals surface area contributed by atoms with Crippen LogP contribution in [0.25, 0.3) is 0 Å². The van der Waals surface area contributed by atoms with Crippen molar-refractivity contribution in [2.24, 2.45) is 23.7 Å². The maximum absolute atomic E-state index is 9.66. The molecule has 2 rings (SSSR count). The third kappa shape index (κ3) is 4.46. The average molecular weight is 267 g/mol. The van der Waals surface area contributed by atoms with Gasteiger partial charge in [-0.05, 0) is 81.7 Å². The fourth-order valence-corrected chi connectivity index (χ4v) is 4.35. The lowest BCUT2D eigenvalue weighted by atomic mass is 9.72. The molecule has 2 unspecified atom stereocenters. The number of rotatable bonds is 5. The van der Waals surface area contributed by atoms with Gasteiger partial charge in [0.05, 0.1) is 6.10 Å². The van der Waals surface area contributed by atoms with Crippen LogP contribution in [0, 0.1) is 23.7 Å². The molecule has 1 heterocycles. The number of hydrogen-bond acceptors (Lipinski definition) is 2. The molecule has 2 aliphatic rings. The zero-order chi connectivity index (χ0) is 13.7. The van der Waals surface area contributed by atoms with E-state index in [2.05, 4.69) is 19.2 Å². The fourth-order valence-electron chi connectivity index (χ4n) is 4.35. The van der Waals surface area contributed by atoms with Crippen LogP contribution in [-0.2, 0) is 0 Å². The molecule has 1 saturated carbocycles. The molecule has 2 fully saturated rings. The topological polar surface area (TPSA) is 32.3 Å². The summed E-state index contributed by atoms with van der Waals surface area (Å²) in [4.78, 5) is 0. The van der Waals surface area contributed by atoms with Crippen LogP contribution in [0.2, 0.25) is 0 Å². The third-order valence-corrected chi connectivity index (χ3v) is 5.80. The minimum atomic E-state index is -0.00408. The summed E-state index contributed by atoms with van der Waals surface area (Å²) in [5.41, 5.74) is 0. The van der Waals surface area contributed by atoms with Crippen molar-refractivity contribution in [3.8, 4) is 0 Å². The van der Waals surface area contributed by atoms with Crippen LogP contribution < -0.4 is 5.32 Å². The molecule has 19 heavy (non-hydrogen) atoms. The summed E-state index contributed by atoms with van der Waals surface area (Å²) in [6, 6.07) is 0. The summed E-state index contributed by atoms with van der Waals surface area (Å²) in [6.45, 7) is 7.30. The monoisotopic (exact) mass is 267 g/mol. The van der Waals surface area contributed by atoms with E-state index in [0.717, 1.165) is 36.5 Å². The number of hydrogen-bond donors (Lipinski definition) is 2. The van der Waals surface area contributed by atoms with Crippen molar-refractivity contribution in [1.82, 2.24) is 5.32 Å². The summed E-state index contributed by atoms with van der Waals surface area (Å²) in [5, 5.41) is 13.1. The van der Waals surface area contributed by atoms with Crippen molar-refractivity contribution in [2.75, 3.05) is 13.1 Å². The molecule has 2 heteroatoms. The molecule has 0 aromatic rings. The molecular weight excluding hydrogens is 234 g/mol. The zero-order valence-electron chi connectivity index (χ0n) is 12.9. The minimum Gasteiger partial charge on any atom is -0.393 e. The molecule has 1 aliphatic heterocycles. The first-order valence-corrected chi connectivity index (χ1v) is 8.59. The molecule has 2 N–H and O–H groups in total. The Morgan fingerprint density at radius 1 is 1.00 bits per heavy atom. The predicted molar refractivity (Wildman–Crippen MR) is 81.1 cm³/mol. The van der Waals surface area contributed by atoms with E-state index < -0.39 is 0 Å². The van der Waals surface area contributed by atoms with Crippen LogP contribution in [0.1, 0.15) is 65.2 Å². The van der Waals surface area contributed by atoms with E-state index in [1.54, 1.807) is 0 Å². The van der Waals surface area contributed by atoms with Crippen LogP contribution >= 0.6 is 0 Å². The number of aliphatic hydroxyl groups is 1. The normalized spacial score (nSPS) is 33.0. The van der Waals surface area contributed by atoms with Crippen molar-refractivity contribution < 1.29 is 5.11 Å². The number of nitrogens with one attached hydrogen (secondary N) is 1. The van der Waals surface area contributed by atoms with Crippen LogP contribution in [0.4, 0.5) is 0 Å². The molecule has 112 valence electrons. The van der Waals surface area contributed by atoms with Gasteiger partial charge < -0.3 is 10.4 Å². The van der Waals surface area contributed by atoms with Gasteiger partial charge >= 0.3 is 0 Å². The largest absolute Gasteiger partial charge is 0.393 e. The van der Waals surface area contributed by atoms with Gasteiger partial charge in [0, 0.05) is 0 Å². The third-order valence-electron chi connectivity index (χ3n) is 5.80. The maximum Gasteiger partial charge on any atom is 0.0540 e. The molecular formula is C17H33NO. The molecule has 0 amide bonds. The summed E-state index contributed by atoms with van der Waals surface area (Å²) < 4.78 is 0. The Hall–Kier alpha value is -0.0800. The van der Waals surface area contributed by atoms with Crippen molar-refractivity contribution >= 4 is 0 Å². The summed E-state index contributed by atoms with van der Waals surface area (Å²) in [7, 11) is 0. The maximum atomic E-state index is 9.66. The van der Waals surface area contributed by atoms with Crippen LogP contribution in [0.15, 0.2) is 0 Å². The Labute approximate surface area is 119 Å². The van der Waals surface area contributed by atoms with Gasteiger partial charge in [-0.1, -0.05) is 20.3 Å². The Balaban J connectivity index is 1.80.